The van der Waals surface area contributed by atoms with Gasteiger partial charge in [-0.25, -0.2) is 12.7 Å². The van der Waals surface area contributed by atoms with E-state index in [9.17, 15) is 22.8 Å². The molecule has 2 aromatic heterocycles. The highest BCUT2D eigenvalue weighted by Crippen LogP contribution is 2.30. The zero-order chi connectivity index (χ0) is 27.4. The van der Waals surface area contributed by atoms with Crippen LogP contribution in [0.15, 0.2) is 50.4 Å². The van der Waals surface area contributed by atoms with Gasteiger partial charge < -0.3 is 19.8 Å². The number of hydrogen-bond acceptors (Lipinski definition) is 9. The van der Waals surface area contributed by atoms with Gasteiger partial charge in [0.2, 0.25) is 0 Å². The summed E-state index contributed by atoms with van der Waals surface area (Å²) in [4.78, 5) is 40.3. The molecule has 1 saturated heterocycles. The molecule has 12 heteroatoms. The Morgan fingerprint density at radius 2 is 2.05 bits per heavy atom. The summed E-state index contributed by atoms with van der Waals surface area (Å²) in [5.41, 5.74) is 0.380. The number of para-hydroxylation sites is 1. The van der Waals surface area contributed by atoms with Gasteiger partial charge in [-0.3, -0.25) is 14.4 Å². The van der Waals surface area contributed by atoms with Crippen molar-refractivity contribution in [3.8, 4) is 5.75 Å². The third kappa shape index (κ3) is 5.77. The molecule has 204 valence electrons. The van der Waals surface area contributed by atoms with Crippen LogP contribution in [0.25, 0.3) is 11.0 Å². The summed E-state index contributed by atoms with van der Waals surface area (Å²) in [5, 5.41) is 7.88. The van der Waals surface area contributed by atoms with Gasteiger partial charge in [-0.2, -0.15) is 0 Å². The molecule has 3 heterocycles. The normalized spacial score (nSPS) is 17.3. The molecule has 0 bridgehead atoms. The number of furan rings is 1. The zero-order valence-electron chi connectivity index (χ0n) is 21.4. The highest BCUT2D eigenvalue weighted by Gasteiger charge is 2.43. The van der Waals surface area contributed by atoms with Crippen LogP contribution in [-0.4, -0.2) is 62.6 Å². The van der Waals surface area contributed by atoms with E-state index in [0.717, 1.165) is 11.3 Å². The first-order chi connectivity index (χ1) is 18.1. The highest BCUT2D eigenvalue weighted by molar-refractivity contribution is 7.91. The first-order valence-corrected chi connectivity index (χ1v) is 14.7. The first kappa shape index (κ1) is 27.8. The van der Waals surface area contributed by atoms with Gasteiger partial charge >= 0.3 is 0 Å². The topological polar surface area (TPSA) is 135 Å². The van der Waals surface area contributed by atoms with Crippen molar-refractivity contribution < 1.29 is 32.0 Å². The standard InChI is InChI=1S/C26H31N3O7S2/c1-16(2)13-18(28-25(31)22-14-17-7-4-9-21(35-3)24(17)36-22)26(32)29(19-8-5-11-27-15-20(19)30)38(33,34)23-10-6-12-37-23/h4,6-7,9-10,12,14,16,18-19,27H,5,8,11,13,15H2,1-3H3,(H,28,31)/t18?,19-/m0/s1. The average Bonchev–Trinajstić information content (AvgIpc) is 3.53. The molecule has 1 aliphatic rings. The molecular weight excluding hydrogens is 530 g/mol. The van der Waals surface area contributed by atoms with E-state index in [1.165, 1.54) is 19.2 Å². The van der Waals surface area contributed by atoms with E-state index in [4.69, 9.17) is 9.15 Å². The molecule has 0 radical (unpaired) electrons. The fourth-order valence-corrected chi connectivity index (χ4v) is 7.20. The third-order valence-corrected chi connectivity index (χ3v) is 9.45. The van der Waals surface area contributed by atoms with Crippen molar-refractivity contribution in [2.45, 2.75) is 49.4 Å². The Balaban J connectivity index is 1.71. The molecule has 2 amide bonds. The van der Waals surface area contributed by atoms with Crippen molar-refractivity contribution in [2.24, 2.45) is 5.92 Å². The number of carbonyl (C=O) groups excluding carboxylic acids is 3. The Bertz CT molecular complexity index is 1410. The number of fused-ring (bicyclic) bond motifs is 1. The van der Waals surface area contributed by atoms with Crippen LogP contribution in [0.1, 0.15) is 43.7 Å². The largest absolute Gasteiger partial charge is 0.493 e. The van der Waals surface area contributed by atoms with E-state index in [1.807, 2.05) is 13.8 Å². The number of amides is 2. The second-order valence-corrected chi connectivity index (χ2v) is 12.5. The Labute approximate surface area is 225 Å². The van der Waals surface area contributed by atoms with E-state index in [2.05, 4.69) is 10.6 Å². The number of carbonyl (C=O) groups is 3. The maximum absolute atomic E-state index is 14.0. The van der Waals surface area contributed by atoms with Crippen molar-refractivity contribution in [1.29, 1.82) is 0 Å². The van der Waals surface area contributed by atoms with Crippen LogP contribution < -0.4 is 15.4 Å². The fraction of sp³-hybridized carbons (Fsp3) is 0.423. The van der Waals surface area contributed by atoms with Gasteiger partial charge in [0.15, 0.2) is 22.9 Å². The van der Waals surface area contributed by atoms with Crippen molar-refractivity contribution in [2.75, 3.05) is 20.2 Å². The van der Waals surface area contributed by atoms with Crippen LogP contribution in [0.2, 0.25) is 0 Å². The smallest absolute Gasteiger partial charge is 0.287 e. The van der Waals surface area contributed by atoms with Crippen molar-refractivity contribution >= 4 is 49.9 Å². The summed E-state index contributed by atoms with van der Waals surface area (Å²) in [6.07, 6.45) is 0.861. The van der Waals surface area contributed by atoms with Crippen LogP contribution in [0, 0.1) is 5.92 Å². The summed E-state index contributed by atoms with van der Waals surface area (Å²) in [6.45, 7) is 4.20. The molecule has 0 spiro atoms. The van der Waals surface area contributed by atoms with Crippen LogP contribution in [0.5, 0.6) is 5.75 Å². The van der Waals surface area contributed by atoms with Crippen molar-refractivity contribution in [3.05, 3.63) is 47.5 Å². The summed E-state index contributed by atoms with van der Waals surface area (Å²) in [5.74, 6) is -1.59. The minimum Gasteiger partial charge on any atom is -0.493 e. The van der Waals surface area contributed by atoms with Gasteiger partial charge in [0.25, 0.3) is 21.8 Å². The van der Waals surface area contributed by atoms with E-state index in [1.54, 1.807) is 29.6 Å². The average molecular weight is 562 g/mol. The first-order valence-electron chi connectivity index (χ1n) is 12.4. The molecule has 1 fully saturated rings. The third-order valence-electron chi connectivity index (χ3n) is 6.27. The number of thiophene rings is 1. The number of rotatable bonds is 9. The molecule has 1 unspecified atom stereocenters. The Hall–Kier alpha value is -3.22. The SMILES string of the molecule is COc1cccc2cc(C(=O)NC(CC(C)C)C(=O)N([C@H]3CCCNCC3=O)S(=O)(=O)c3cccs3)oc12. The van der Waals surface area contributed by atoms with Gasteiger partial charge in [-0.15, -0.1) is 11.3 Å². The lowest BCUT2D eigenvalue weighted by molar-refractivity contribution is -0.135. The molecule has 1 aliphatic heterocycles. The molecule has 4 rings (SSSR count). The molecule has 0 saturated carbocycles. The molecule has 0 aliphatic carbocycles. The number of hydrogen-bond donors (Lipinski definition) is 2. The van der Waals surface area contributed by atoms with Gasteiger partial charge in [-0.1, -0.05) is 32.0 Å². The molecule has 38 heavy (non-hydrogen) atoms. The van der Waals surface area contributed by atoms with Gasteiger partial charge in [0, 0.05) is 5.39 Å². The monoisotopic (exact) mass is 561 g/mol. The molecule has 10 nitrogen and oxygen atoms in total. The van der Waals surface area contributed by atoms with Crippen LogP contribution in [-0.2, 0) is 19.6 Å². The van der Waals surface area contributed by atoms with Gasteiger partial charge in [-0.05, 0) is 55.3 Å². The Morgan fingerprint density at radius 1 is 1.26 bits per heavy atom. The minimum absolute atomic E-state index is 0.0452. The predicted molar refractivity (Wildman–Crippen MR) is 143 cm³/mol. The fourth-order valence-electron chi connectivity index (χ4n) is 4.49. The lowest BCUT2D eigenvalue weighted by Crippen LogP contribution is -2.56. The Morgan fingerprint density at radius 3 is 2.74 bits per heavy atom. The number of nitrogens with zero attached hydrogens (tertiary/aromatic N) is 1. The summed E-state index contributed by atoms with van der Waals surface area (Å²) < 4.78 is 39.1. The maximum Gasteiger partial charge on any atom is 0.287 e. The van der Waals surface area contributed by atoms with Crippen LogP contribution in [0.3, 0.4) is 0 Å². The van der Waals surface area contributed by atoms with E-state index in [-0.39, 0.29) is 35.3 Å². The lowest BCUT2D eigenvalue weighted by Gasteiger charge is -2.32. The molecular formula is C26H31N3O7S2. The van der Waals surface area contributed by atoms with E-state index >= 15 is 0 Å². The molecule has 1 aromatic carbocycles. The highest BCUT2D eigenvalue weighted by atomic mass is 32.2. The van der Waals surface area contributed by atoms with Gasteiger partial charge in [0.05, 0.1) is 13.7 Å². The van der Waals surface area contributed by atoms with Crippen molar-refractivity contribution in [3.63, 3.8) is 0 Å². The minimum atomic E-state index is -4.35. The summed E-state index contributed by atoms with van der Waals surface area (Å²) in [7, 11) is -2.87. The number of ketones is 1. The van der Waals surface area contributed by atoms with E-state index in [0.29, 0.717) is 34.0 Å². The number of benzene rings is 1. The maximum atomic E-state index is 14.0. The second kappa shape index (κ2) is 11.7. The summed E-state index contributed by atoms with van der Waals surface area (Å²) in [6, 6.07) is 7.33. The Kier molecular flexibility index (Phi) is 8.54. The number of nitrogens with one attached hydrogen (secondary N) is 2. The number of Topliss-reactive ketones (excluding diaryl/α,β-unsaturated/α-hetero) is 1. The van der Waals surface area contributed by atoms with Crippen molar-refractivity contribution in [1.82, 2.24) is 14.9 Å². The summed E-state index contributed by atoms with van der Waals surface area (Å²) >= 11 is 0.965. The number of methoxy groups -OCH3 is 1. The van der Waals surface area contributed by atoms with Crippen LogP contribution >= 0.6 is 11.3 Å². The number of ether oxygens (including phenoxy) is 1. The van der Waals surface area contributed by atoms with Gasteiger partial charge in [0.1, 0.15) is 16.3 Å². The van der Waals surface area contributed by atoms with Crippen LogP contribution in [0.4, 0.5) is 0 Å². The quantitative estimate of drug-likeness (QED) is 0.407. The molecule has 3 aromatic rings. The predicted octanol–water partition coefficient (Wildman–Crippen LogP) is 3.19. The molecule has 2 atom stereocenters. The number of sulfonamides is 1. The zero-order valence-corrected chi connectivity index (χ0v) is 23.1. The second-order valence-electron chi connectivity index (χ2n) is 9.52. The lowest BCUT2D eigenvalue weighted by atomic mass is 10.0. The molecule has 2 N–H and O–H groups in total. The van der Waals surface area contributed by atoms with E-state index < -0.39 is 39.7 Å².